The number of hydrogen-bond acceptors (Lipinski definition) is 2. The maximum atomic E-state index is 5.83. The summed E-state index contributed by atoms with van der Waals surface area (Å²) in [6.45, 7) is 10.6. The summed E-state index contributed by atoms with van der Waals surface area (Å²) in [5.41, 5.74) is 7.37. The number of hydrogen-bond donors (Lipinski definition) is 1. The summed E-state index contributed by atoms with van der Waals surface area (Å²) in [5.74, 6) is 0. The van der Waals surface area contributed by atoms with Gasteiger partial charge < -0.3 is 5.73 Å². The highest BCUT2D eigenvalue weighted by Crippen LogP contribution is 2.18. The topological polar surface area (TPSA) is 29.3 Å². The molecule has 0 aromatic heterocycles. The van der Waals surface area contributed by atoms with Crippen LogP contribution in [0.3, 0.4) is 0 Å². The van der Waals surface area contributed by atoms with E-state index in [4.69, 9.17) is 5.73 Å². The van der Waals surface area contributed by atoms with E-state index in [1.54, 1.807) is 0 Å². The predicted octanol–water partition coefficient (Wildman–Crippen LogP) is 3.65. The molecule has 0 heterocycles. The second-order valence-corrected chi connectivity index (χ2v) is 6.62. The Morgan fingerprint density at radius 3 is 2.61 bits per heavy atom. The van der Waals surface area contributed by atoms with Gasteiger partial charge in [0.1, 0.15) is 0 Å². The highest BCUT2D eigenvalue weighted by molar-refractivity contribution is 9.10. The molecule has 1 aromatic carbocycles. The average molecular weight is 313 g/mol. The van der Waals surface area contributed by atoms with Crippen LogP contribution >= 0.6 is 15.9 Å². The Morgan fingerprint density at radius 2 is 2.06 bits per heavy atom. The van der Waals surface area contributed by atoms with Crippen molar-refractivity contribution in [3.05, 3.63) is 34.3 Å². The largest absolute Gasteiger partial charge is 0.330 e. The highest BCUT2D eigenvalue weighted by atomic mass is 79.9. The molecule has 0 radical (unpaired) electrons. The Balaban J connectivity index is 2.68. The third kappa shape index (κ3) is 5.51. The van der Waals surface area contributed by atoms with E-state index >= 15 is 0 Å². The number of nitrogens with zero attached hydrogens (tertiary/aromatic N) is 1. The maximum absolute atomic E-state index is 5.83. The summed E-state index contributed by atoms with van der Waals surface area (Å²) in [7, 11) is 0. The Morgan fingerprint density at radius 1 is 1.33 bits per heavy atom. The smallest absolute Gasteiger partial charge is 0.0234 e. The molecule has 0 fully saturated rings. The third-order valence-electron chi connectivity index (χ3n) is 3.04. The quantitative estimate of drug-likeness (QED) is 0.832. The van der Waals surface area contributed by atoms with Crippen LogP contribution in [-0.2, 0) is 6.54 Å². The third-order valence-corrected chi connectivity index (χ3v) is 3.53. The van der Waals surface area contributed by atoms with Gasteiger partial charge >= 0.3 is 0 Å². The lowest BCUT2D eigenvalue weighted by atomic mass is 9.93. The molecule has 2 N–H and O–H groups in total. The van der Waals surface area contributed by atoms with Crippen molar-refractivity contribution < 1.29 is 0 Å². The van der Waals surface area contributed by atoms with Crippen LogP contribution in [-0.4, -0.2) is 24.5 Å². The fourth-order valence-corrected chi connectivity index (χ4v) is 2.54. The summed E-state index contributed by atoms with van der Waals surface area (Å²) < 4.78 is 1.15. The van der Waals surface area contributed by atoms with Crippen molar-refractivity contribution in [2.75, 3.05) is 19.6 Å². The second-order valence-electron chi connectivity index (χ2n) is 5.71. The van der Waals surface area contributed by atoms with E-state index in [1.165, 1.54) is 12.0 Å². The van der Waals surface area contributed by atoms with E-state index in [1.807, 2.05) is 0 Å². The molecule has 102 valence electrons. The van der Waals surface area contributed by atoms with E-state index in [2.05, 4.69) is 65.9 Å². The molecular formula is C15H25BrN2. The van der Waals surface area contributed by atoms with Gasteiger partial charge in [0, 0.05) is 17.6 Å². The minimum absolute atomic E-state index is 0.182. The number of benzene rings is 1. The first-order valence-corrected chi connectivity index (χ1v) is 7.43. The summed E-state index contributed by atoms with van der Waals surface area (Å²) in [6.07, 6.45) is 1.18. The second kappa shape index (κ2) is 7.27. The van der Waals surface area contributed by atoms with Crippen LogP contribution in [0.1, 0.15) is 32.8 Å². The first-order chi connectivity index (χ1) is 8.46. The minimum atomic E-state index is 0.182. The molecule has 0 bridgehead atoms. The van der Waals surface area contributed by atoms with Crippen LogP contribution in [0.5, 0.6) is 0 Å². The maximum Gasteiger partial charge on any atom is 0.0234 e. The lowest BCUT2D eigenvalue weighted by Crippen LogP contribution is -2.38. The van der Waals surface area contributed by atoms with Crippen molar-refractivity contribution in [3.63, 3.8) is 0 Å². The Bertz CT molecular complexity index is 363. The molecule has 0 aliphatic heterocycles. The molecule has 1 rings (SSSR count). The molecule has 0 unspecified atom stereocenters. The molecule has 0 spiro atoms. The normalized spacial score (nSPS) is 12.1. The van der Waals surface area contributed by atoms with Crippen LogP contribution in [0, 0.1) is 5.41 Å². The van der Waals surface area contributed by atoms with Crippen LogP contribution < -0.4 is 5.73 Å². The van der Waals surface area contributed by atoms with Gasteiger partial charge in [-0.3, -0.25) is 4.90 Å². The van der Waals surface area contributed by atoms with E-state index in [-0.39, 0.29) is 5.41 Å². The van der Waals surface area contributed by atoms with Crippen molar-refractivity contribution >= 4 is 15.9 Å². The zero-order valence-corrected chi connectivity index (χ0v) is 13.3. The fraction of sp³-hybridized carbons (Fsp3) is 0.600. The lowest BCUT2D eigenvalue weighted by Gasteiger charge is -2.31. The Labute approximate surface area is 120 Å². The van der Waals surface area contributed by atoms with Gasteiger partial charge in [-0.1, -0.05) is 48.8 Å². The first-order valence-electron chi connectivity index (χ1n) is 6.64. The molecule has 1 aromatic rings. The number of halogens is 1. The number of nitrogens with two attached hydrogens (primary N) is 1. The summed E-state index contributed by atoms with van der Waals surface area (Å²) >= 11 is 3.53. The van der Waals surface area contributed by atoms with Crippen molar-refractivity contribution in [2.24, 2.45) is 11.1 Å². The van der Waals surface area contributed by atoms with E-state index in [0.717, 1.165) is 30.7 Å². The fourth-order valence-electron chi connectivity index (χ4n) is 2.09. The Kier molecular flexibility index (Phi) is 6.33. The van der Waals surface area contributed by atoms with Gasteiger partial charge in [-0.15, -0.1) is 0 Å². The van der Waals surface area contributed by atoms with Crippen LogP contribution in [0.4, 0.5) is 0 Å². The van der Waals surface area contributed by atoms with Crippen molar-refractivity contribution in [2.45, 2.75) is 33.7 Å². The Hall–Kier alpha value is -0.380. The van der Waals surface area contributed by atoms with E-state index < -0.39 is 0 Å². The van der Waals surface area contributed by atoms with Gasteiger partial charge in [-0.2, -0.15) is 0 Å². The van der Waals surface area contributed by atoms with Gasteiger partial charge in [0.15, 0.2) is 0 Å². The molecule has 0 saturated heterocycles. The molecule has 0 saturated carbocycles. The average Bonchev–Trinajstić information content (AvgIpc) is 2.29. The summed E-state index contributed by atoms with van der Waals surface area (Å²) in [5, 5.41) is 0. The molecular weight excluding hydrogens is 288 g/mol. The highest BCUT2D eigenvalue weighted by Gasteiger charge is 2.19. The minimum Gasteiger partial charge on any atom is -0.330 e. The van der Waals surface area contributed by atoms with Gasteiger partial charge in [0.25, 0.3) is 0 Å². The SMILES string of the molecule is CCCN(Cc1cccc(Br)c1)CC(C)(C)CN. The van der Waals surface area contributed by atoms with Gasteiger partial charge in [-0.25, -0.2) is 0 Å². The van der Waals surface area contributed by atoms with Gasteiger partial charge in [0.05, 0.1) is 0 Å². The standard InChI is InChI=1S/C15H25BrN2/c1-4-8-18(12-15(2,3)11-17)10-13-6-5-7-14(16)9-13/h5-7,9H,4,8,10-12,17H2,1-3H3. The zero-order valence-electron chi connectivity index (χ0n) is 11.7. The molecule has 3 heteroatoms. The van der Waals surface area contributed by atoms with Gasteiger partial charge in [-0.05, 0) is 42.6 Å². The predicted molar refractivity (Wildman–Crippen MR) is 82.5 cm³/mol. The lowest BCUT2D eigenvalue weighted by molar-refractivity contribution is 0.176. The molecule has 18 heavy (non-hydrogen) atoms. The molecule has 0 aliphatic rings. The molecule has 0 aliphatic carbocycles. The molecule has 0 atom stereocenters. The van der Waals surface area contributed by atoms with Crippen LogP contribution in [0.15, 0.2) is 28.7 Å². The molecule has 2 nitrogen and oxygen atoms in total. The van der Waals surface area contributed by atoms with Crippen LogP contribution in [0.25, 0.3) is 0 Å². The summed E-state index contributed by atoms with van der Waals surface area (Å²) in [6, 6.07) is 8.54. The van der Waals surface area contributed by atoms with E-state index in [0.29, 0.717) is 0 Å². The van der Waals surface area contributed by atoms with E-state index in [9.17, 15) is 0 Å². The summed E-state index contributed by atoms with van der Waals surface area (Å²) in [4.78, 5) is 2.49. The monoisotopic (exact) mass is 312 g/mol. The van der Waals surface area contributed by atoms with Crippen molar-refractivity contribution in [1.29, 1.82) is 0 Å². The van der Waals surface area contributed by atoms with Gasteiger partial charge in [0.2, 0.25) is 0 Å². The first kappa shape index (κ1) is 15.7. The number of rotatable bonds is 7. The molecule has 0 amide bonds. The zero-order chi connectivity index (χ0) is 13.6. The van der Waals surface area contributed by atoms with Crippen molar-refractivity contribution in [1.82, 2.24) is 4.90 Å². The van der Waals surface area contributed by atoms with Crippen LogP contribution in [0.2, 0.25) is 0 Å². The van der Waals surface area contributed by atoms with Crippen molar-refractivity contribution in [3.8, 4) is 0 Å².